The van der Waals surface area contributed by atoms with Crippen molar-refractivity contribution in [2.75, 3.05) is 33.0 Å². The highest BCUT2D eigenvalue weighted by Crippen LogP contribution is 2.43. The molecule has 9 heteroatoms. The van der Waals surface area contributed by atoms with Crippen molar-refractivity contribution in [1.82, 2.24) is 0 Å². The van der Waals surface area contributed by atoms with Crippen molar-refractivity contribution < 1.29 is 32.8 Å². The lowest BCUT2D eigenvalue weighted by Crippen LogP contribution is -2.28. The molecular formula is C52H104NO7P. The van der Waals surface area contributed by atoms with E-state index in [0.717, 1.165) is 32.1 Å². The smallest absolute Gasteiger partial charge is 0.457 e. The Balaban J connectivity index is 3.88. The zero-order chi connectivity index (χ0) is 44.4. The Morgan fingerprint density at radius 3 is 1.20 bits per heavy atom. The van der Waals surface area contributed by atoms with Gasteiger partial charge in [-0.1, -0.05) is 244 Å². The number of allylic oxidation sites excluding steroid dienone is 2. The molecule has 0 rings (SSSR count). The van der Waals surface area contributed by atoms with Crippen LogP contribution in [-0.2, 0) is 27.9 Å². The van der Waals surface area contributed by atoms with Crippen LogP contribution in [0.3, 0.4) is 0 Å². The van der Waals surface area contributed by atoms with Crippen molar-refractivity contribution in [2.24, 2.45) is 5.73 Å². The van der Waals surface area contributed by atoms with Crippen LogP contribution in [0.4, 0.5) is 0 Å². The highest BCUT2D eigenvalue weighted by Gasteiger charge is 2.25. The molecule has 0 fully saturated rings. The number of unbranched alkanes of at least 4 members (excludes halogenated alkanes) is 37. The van der Waals surface area contributed by atoms with Gasteiger partial charge >= 0.3 is 13.8 Å². The van der Waals surface area contributed by atoms with Crippen molar-refractivity contribution in [2.45, 2.75) is 283 Å². The lowest BCUT2D eigenvalue weighted by Gasteiger charge is -2.20. The molecule has 0 aromatic heterocycles. The zero-order valence-electron chi connectivity index (χ0n) is 40.7. The summed E-state index contributed by atoms with van der Waals surface area (Å²) < 4.78 is 33.6. The number of phosphoric acid groups is 1. The van der Waals surface area contributed by atoms with Gasteiger partial charge in [0.15, 0.2) is 0 Å². The van der Waals surface area contributed by atoms with Crippen molar-refractivity contribution >= 4 is 13.8 Å². The second-order valence-corrected chi connectivity index (χ2v) is 19.6. The Hall–Kier alpha value is -0.760. The molecule has 0 aliphatic rings. The van der Waals surface area contributed by atoms with E-state index in [1.807, 2.05) is 0 Å². The summed E-state index contributed by atoms with van der Waals surface area (Å²) in [6.07, 6.45) is 56.8. The Bertz CT molecular complexity index is 951. The molecule has 0 spiro atoms. The quantitative estimate of drug-likeness (QED) is 0.0268. The molecule has 0 amide bonds. The van der Waals surface area contributed by atoms with Crippen LogP contribution >= 0.6 is 7.82 Å². The fraction of sp³-hybridized carbons (Fsp3) is 0.942. The van der Waals surface area contributed by atoms with Crippen LogP contribution in [0.25, 0.3) is 0 Å². The summed E-state index contributed by atoms with van der Waals surface area (Å²) in [4.78, 5) is 22.6. The van der Waals surface area contributed by atoms with Crippen LogP contribution in [0.1, 0.15) is 277 Å². The predicted molar refractivity (Wildman–Crippen MR) is 261 cm³/mol. The Kier molecular flexibility index (Phi) is 49.6. The van der Waals surface area contributed by atoms with Gasteiger partial charge in [0.25, 0.3) is 0 Å². The number of phosphoric ester groups is 1. The van der Waals surface area contributed by atoms with Crippen molar-refractivity contribution in [3.05, 3.63) is 12.2 Å². The van der Waals surface area contributed by atoms with Crippen LogP contribution < -0.4 is 5.73 Å². The number of nitrogens with two attached hydrogens (primary N) is 1. The van der Waals surface area contributed by atoms with E-state index in [4.69, 9.17) is 24.3 Å². The Labute approximate surface area is 379 Å². The third-order valence-corrected chi connectivity index (χ3v) is 12.9. The van der Waals surface area contributed by atoms with Crippen LogP contribution in [0.2, 0.25) is 0 Å². The van der Waals surface area contributed by atoms with Gasteiger partial charge in [-0.25, -0.2) is 4.57 Å². The monoisotopic (exact) mass is 886 g/mol. The van der Waals surface area contributed by atoms with Gasteiger partial charge in [0.2, 0.25) is 0 Å². The number of hydrogen-bond donors (Lipinski definition) is 2. The van der Waals surface area contributed by atoms with E-state index < -0.39 is 13.9 Å². The van der Waals surface area contributed by atoms with Gasteiger partial charge in [-0.2, -0.15) is 0 Å². The standard InChI is InChI=1S/C52H104NO7P/c1-3-5-7-9-11-13-15-17-19-21-23-25-26-28-30-32-34-36-38-40-42-44-47-57-49-51(50-59-61(55,56)58-48-46-53)60-52(54)45-43-41-39-37-35-33-31-29-27-24-22-20-18-16-14-12-10-8-6-4-2/h21,23,51H,3-20,22,24-50,53H2,1-2H3,(H,55,56)/b23-21-. The lowest BCUT2D eigenvalue weighted by molar-refractivity contribution is -0.154. The molecule has 61 heavy (non-hydrogen) atoms. The molecule has 8 nitrogen and oxygen atoms in total. The summed E-state index contributed by atoms with van der Waals surface area (Å²) in [6, 6.07) is 0. The Morgan fingerprint density at radius 1 is 0.475 bits per heavy atom. The number of rotatable bonds is 52. The molecule has 0 saturated heterocycles. The first kappa shape index (κ1) is 60.2. The molecule has 0 bridgehead atoms. The molecule has 3 N–H and O–H groups in total. The number of hydrogen-bond acceptors (Lipinski definition) is 7. The summed E-state index contributed by atoms with van der Waals surface area (Å²) >= 11 is 0. The summed E-state index contributed by atoms with van der Waals surface area (Å²) in [5.74, 6) is -0.323. The molecule has 2 atom stereocenters. The summed E-state index contributed by atoms with van der Waals surface area (Å²) in [5.41, 5.74) is 5.39. The molecule has 0 aliphatic carbocycles. The number of ether oxygens (including phenoxy) is 2. The van der Waals surface area contributed by atoms with E-state index in [-0.39, 0.29) is 32.3 Å². The highest BCUT2D eigenvalue weighted by atomic mass is 31.2. The first-order chi connectivity index (χ1) is 29.9. The molecule has 364 valence electrons. The summed E-state index contributed by atoms with van der Waals surface area (Å²) in [7, 11) is -4.28. The minimum atomic E-state index is -4.28. The molecule has 0 aromatic rings. The average molecular weight is 886 g/mol. The lowest BCUT2D eigenvalue weighted by atomic mass is 10.0. The SMILES string of the molecule is CCCCCCCCCC/C=C\CCCCCCCCCCCCOCC(COP(=O)(O)OCCN)OC(=O)CCCCCCCCCCCCCCCCCCCCCC. The van der Waals surface area contributed by atoms with Gasteiger partial charge < -0.3 is 20.1 Å². The van der Waals surface area contributed by atoms with Gasteiger partial charge in [0, 0.05) is 19.6 Å². The maximum Gasteiger partial charge on any atom is 0.472 e. The van der Waals surface area contributed by atoms with Gasteiger partial charge in [0.1, 0.15) is 6.10 Å². The second-order valence-electron chi connectivity index (χ2n) is 18.1. The average Bonchev–Trinajstić information content (AvgIpc) is 3.25. The van der Waals surface area contributed by atoms with Crippen molar-refractivity contribution in [1.29, 1.82) is 0 Å². The van der Waals surface area contributed by atoms with Crippen LogP contribution in [-0.4, -0.2) is 49.9 Å². The van der Waals surface area contributed by atoms with E-state index in [1.54, 1.807) is 0 Å². The van der Waals surface area contributed by atoms with Crippen LogP contribution in [0.15, 0.2) is 12.2 Å². The van der Waals surface area contributed by atoms with E-state index in [9.17, 15) is 14.3 Å². The first-order valence-electron chi connectivity index (χ1n) is 26.7. The van der Waals surface area contributed by atoms with E-state index in [2.05, 4.69) is 26.0 Å². The molecule has 2 unspecified atom stereocenters. The molecule has 0 radical (unpaired) electrons. The minimum Gasteiger partial charge on any atom is -0.457 e. The Morgan fingerprint density at radius 2 is 0.820 bits per heavy atom. The maximum atomic E-state index is 12.7. The van der Waals surface area contributed by atoms with Gasteiger partial charge in [-0.3, -0.25) is 13.8 Å². The molecular weight excluding hydrogens is 782 g/mol. The first-order valence-corrected chi connectivity index (χ1v) is 28.2. The van der Waals surface area contributed by atoms with E-state index in [1.165, 1.54) is 225 Å². The largest absolute Gasteiger partial charge is 0.472 e. The highest BCUT2D eigenvalue weighted by molar-refractivity contribution is 7.47. The zero-order valence-corrected chi connectivity index (χ0v) is 41.6. The van der Waals surface area contributed by atoms with Gasteiger partial charge in [0.05, 0.1) is 19.8 Å². The number of carbonyl (C=O) groups is 1. The predicted octanol–water partition coefficient (Wildman–Crippen LogP) is 16.6. The third-order valence-electron chi connectivity index (χ3n) is 11.9. The fourth-order valence-electron chi connectivity index (χ4n) is 8.00. The number of carbonyl (C=O) groups excluding carboxylic acids is 1. The minimum absolute atomic E-state index is 0.0918. The van der Waals surface area contributed by atoms with E-state index >= 15 is 0 Å². The maximum absolute atomic E-state index is 12.7. The normalized spacial score (nSPS) is 13.3. The van der Waals surface area contributed by atoms with Crippen LogP contribution in [0.5, 0.6) is 0 Å². The molecule has 0 saturated carbocycles. The van der Waals surface area contributed by atoms with Crippen LogP contribution in [0, 0.1) is 0 Å². The third kappa shape index (κ3) is 50.1. The van der Waals surface area contributed by atoms with Crippen molar-refractivity contribution in [3.63, 3.8) is 0 Å². The molecule has 0 aromatic carbocycles. The summed E-state index contributed by atoms with van der Waals surface area (Å²) in [5, 5.41) is 0. The molecule has 0 heterocycles. The van der Waals surface area contributed by atoms with Gasteiger partial charge in [-0.15, -0.1) is 0 Å². The van der Waals surface area contributed by atoms with Crippen molar-refractivity contribution in [3.8, 4) is 0 Å². The number of esters is 1. The van der Waals surface area contributed by atoms with Gasteiger partial charge in [-0.05, 0) is 38.5 Å². The topological polar surface area (TPSA) is 117 Å². The fourth-order valence-corrected chi connectivity index (χ4v) is 8.76. The molecule has 0 aliphatic heterocycles. The summed E-state index contributed by atoms with van der Waals surface area (Å²) in [6.45, 7) is 4.99. The second kappa shape index (κ2) is 50.2. The van der Waals surface area contributed by atoms with E-state index in [0.29, 0.717) is 13.0 Å².